The fourth-order valence-electron chi connectivity index (χ4n) is 3.64. The van der Waals surface area contributed by atoms with E-state index in [1.54, 1.807) is 11.8 Å². The van der Waals surface area contributed by atoms with Crippen LogP contribution in [0.4, 0.5) is 4.79 Å². The van der Waals surface area contributed by atoms with Crippen LogP contribution in [-0.4, -0.2) is 54.6 Å². The molecule has 3 amide bonds. The molecule has 1 aliphatic rings. The van der Waals surface area contributed by atoms with Crippen molar-refractivity contribution in [1.29, 1.82) is 0 Å². The highest BCUT2D eigenvalue weighted by atomic mass is 16.6. The van der Waals surface area contributed by atoms with Crippen molar-refractivity contribution in [2.75, 3.05) is 19.7 Å². The number of amides is 3. The lowest BCUT2D eigenvalue weighted by Crippen LogP contribution is -2.52. The van der Waals surface area contributed by atoms with Crippen molar-refractivity contribution in [3.8, 4) is 0 Å². The van der Waals surface area contributed by atoms with E-state index in [0.29, 0.717) is 44.5 Å². The average Bonchev–Trinajstić information content (AvgIpc) is 2.73. The van der Waals surface area contributed by atoms with Crippen LogP contribution in [0.15, 0.2) is 24.3 Å². The molecule has 2 N–H and O–H groups in total. The van der Waals surface area contributed by atoms with Crippen LogP contribution in [0.2, 0.25) is 0 Å². The third kappa shape index (κ3) is 7.26. The first kappa shape index (κ1) is 24.7. The minimum atomic E-state index is -0.581. The van der Waals surface area contributed by atoms with E-state index in [9.17, 15) is 14.4 Å². The summed E-state index contributed by atoms with van der Waals surface area (Å²) < 4.78 is 5.03. The Balaban J connectivity index is 1.92. The predicted octanol–water partition coefficient (Wildman–Crippen LogP) is 3.62. The zero-order valence-electron chi connectivity index (χ0n) is 19.5. The normalized spacial score (nSPS) is 15.8. The highest BCUT2D eigenvalue weighted by molar-refractivity contribution is 5.97. The molecule has 1 aliphatic heterocycles. The number of ether oxygens (including phenoxy) is 1. The number of rotatable bonds is 7. The van der Waals surface area contributed by atoms with Crippen molar-refractivity contribution >= 4 is 17.9 Å². The maximum Gasteiger partial charge on any atom is 0.409 e. The first-order valence-electron chi connectivity index (χ1n) is 11.3. The van der Waals surface area contributed by atoms with E-state index < -0.39 is 6.04 Å². The summed E-state index contributed by atoms with van der Waals surface area (Å²) in [6.45, 7) is 11.6. The van der Waals surface area contributed by atoms with Gasteiger partial charge in [0.25, 0.3) is 5.91 Å². The molecule has 7 heteroatoms. The van der Waals surface area contributed by atoms with Crippen molar-refractivity contribution in [1.82, 2.24) is 15.5 Å². The lowest BCUT2D eigenvalue weighted by atomic mass is 9.86. The summed E-state index contributed by atoms with van der Waals surface area (Å²) in [6, 6.07) is 6.94. The van der Waals surface area contributed by atoms with Gasteiger partial charge in [-0.05, 0) is 49.3 Å². The van der Waals surface area contributed by atoms with E-state index in [1.165, 1.54) is 0 Å². The number of carbonyl (C=O) groups excluding carboxylic acids is 3. The Morgan fingerprint density at radius 2 is 1.71 bits per heavy atom. The van der Waals surface area contributed by atoms with Gasteiger partial charge in [-0.2, -0.15) is 0 Å². The van der Waals surface area contributed by atoms with E-state index in [2.05, 4.69) is 31.4 Å². The molecular weight excluding hydrogens is 394 g/mol. The Hall–Kier alpha value is -2.57. The van der Waals surface area contributed by atoms with Crippen molar-refractivity contribution in [2.45, 2.75) is 77.8 Å². The molecular formula is C24H37N3O4. The monoisotopic (exact) mass is 431 g/mol. The Morgan fingerprint density at radius 3 is 2.23 bits per heavy atom. The van der Waals surface area contributed by atoms with E-state index in [-0.39, 0.29) is 29.4 Å². The molecule has 1 saturated heterocycles. The largest absolute Gasteiger partial charge is 0.450 e. The SMILES string of the molecule is CCC[C@H](NC(=O)c1ccc(C(C)(C)C)cc1)C(=O)NC1CCN(C(=O)OCC)CC1. The summed E-state index contributed by atoms with van der Waals surface area (Å²) in [5.74, 6) is -0.415. The van der Waals surface area contributed by atoms with Crippen LogP contribution in [0, 0.1) is 0 Å². The van der Waals surface area contributed by atoms with Gasteiger partial charge < -0.3 is 20.3 Å². The Kier molecular flexibility index (Phi) is 8.89. The number of nitrogens with one attached hydrogen (secondary N) is 2. The summed E-state index contributed by atoms with van der Waals surface area (Å²) in [4.78, 5) is 39.0. The number of carbonyl (C=O) groups is 3. The molecule has 1 aromatic carbocycles. The van der Waals surface area contributed by atoms with Crippen molar-refractivity contribution in [3.63, 3.8) is 0 Å². The Morgan fingerprint density at radius 1 is 1.10 bits per heavy atom. The average molecular weight is 432 g/mol. The molecule has 1 atom stereocenters. The zero-order valence-corrected chi connectivity index (χ0v) is 19.5. The summed E-state index contributed by atoms with van der Waals surface area (Å²) in [5, 5.41) is 5.94. The van der Waals surface area contributed by atoms with Gasteiger partial charge in [0.1, 0.15) is 6.04 Å². The lowest BCUT2D eigenvalue weighted by molar-refractivity contribution is -0.124. The lowest BCUT2D eigenvalue weighted by Gasteiger charge is -2.32. The second kappa shape index (κ2) is 11.2. The Labute approximate surface area is 185 Å². The van der Waals surface area contributed by atoms with Crippen LogP contribution in [0.1, 0.15) is 76.2 Å². The first-order chi connectivity index (χ1) is 14.7. The molecule has 1 fully saturated rings. The highest BCUT2D eigenvalue weighted by Gasteiger charge is 2.27. The van der Waals surface area contributed by atoms with Gasteiger partial charge in [0, 0.05) is 24.7 Å². The van der Waals surface area contributed by atoms with Gasteiger partial charge in [-0.25, -0.2) is 4.79 Å². The van der Waals surface area contributed by atoms with Crippen LogP contribution in [0.25, 0.3) is 0 Å². The molecule has 0 bridgehead atoms. The number of hydrogen-bond donors (Lipinski definition) is 2. The quantitative estimate of drug-likeness (QED) is 0.690. The van der Waals surface area contributed by atoms with Gasteiger partial charge in [0.15, 0.2) is 0 Å². The minimum Gasteiger partial charge on any atom is -0.450 e. The summed E-state index contributed by atoms with van der Waals surface area (Å²) >= 11 is 0. The minimum absolute atomic E-state index is 0.0134. The van der Waals surface area contributed by atoms with Crippen LogP contribution in [0.5, 0.6) is 0 Å². The van der Waals surface area contributed by atoms with Crippen LogP contribution < -0.4 is 10.6 Å². The molecule has 0 aliphatic carbocycles. The number of nitrogens with zero attached hydrogens (tertiary/aromatic N) is 1. The van der Waals surface area contributed by atoms with Crippen molar-refractivity contribution in [2.24, 2.45) is 0 Å². The second-order valence-corrected chi connectivity index (χ2v) is 9.11. The fraction of sp³-hybridized carbons (Fsp3) is 0.625. The smallest absolute Gasteiger partial charge is 0.409 e. The molecule has 0 aromatic heterocycles. The van der Waals surface area contributed by atoms with Gasteiger partial charge in [0.2, 0.25) is 5.91 Å². The molecule has 31 heavy (non-hydrogen) atoms. The Bertz CT molecular complexity index is 747. The third-order valence-electron chi connectivity index (χ3n) is 5.58. The standard InChI is InChI=1S/C24H37N3O4/c1-6-8-20(26-21(28)17-9-11-18(12-10-17)24(3,4)5)22(29)25-19-13-15-27(16-14-19)23(30)31-7-2/h9-12,19-20H,6-8,13-16H2,1-5H3,(H,25,29)(H,26,28)/t20-/m0/s1. The molecule has 172 valence electrons. The van der Waals surface area contributed by atoms with E-state index >= 15 is 0 Å². The van der Waals surface area contributed by atoms with Crippen molar-refractivity contribution < 1.29 is 19.1 Å². The van der Waals surface area contributed by atoms with E-state index in [0.717, 1.165) is 12.0 Å². The number of piperidine rings is 1. The fourth-order valence-corrected chi connectivity index (χ4v) is 3.64. The van der Waals surface area contributed by atoms with Crippen LogP contribution in [0.3, 0.4) is 0 Å². The molecule has 1 aromatic rings. The van der Waals surface area contributed by atoms with Gasteiger partial charge in [-0.15, -0.1) is 0 Å². The first-order valence-corrected chi connectivity index (χ1v) is 11.3. The van der Waals surface area contributed by atoms with Crippen LogP contribution in [-0.2, 0) is 14.9 Å². The third-order valence-corrected chi connectivity index (χ3v) is 5.58. The molecule has 0 saturated carbocycles. The predicted molar refractivity (Wildman–Crippen MR) is 121 cm³/mol. The summed E-state index contributed by atoms with van der Waals surface area (Å²) in [5.41, 5.74) is 1.72. The van der Waals surface area contributed by atoms with E-state index in [4.69, 9.17) is 4.74 Å². The van der Waals surface area contributed by atoms with Gasteiger partial charge >= 0.3 is 6.09 Å². The second-order valence-electron chi connectivity index (χ2n) is 9.11. The summed E-state index contributed by atoms with van der Waals surface area (Å²) in [6.07, 6.45) is 2.39. The maximum absolute atomic E-state index is 12.8. The maximum atomic E-state index is 12.8. The number of benzene rings is 1. The summed E-state index contributed by atoms with van der Waals surface area (Å²) in [7, 11) is 0. The highest BCUT2D eigenvalue weighted by Crippen LogP contribution is 2.22. The van der Waals surface area contributed by atoms with Crippen LogP contribution >= 0.6 is 0 Å². The van der Waals surface area contributed by atoms with Gasteiger partial charge in [0.05, 0.1) is 6.61 Å². The number of likely N-dealkylation sites (tertiary alicyclic amines) is 1. The van der Waals surface area contributed by atoms with E-state index in [1.807, 2.05) is 31.2 Å². The molecule has 7 nitrogen and oxygen atoms in total. The van der Waals surface area contributed by atoms with Gasteiger partial charge in [-0.3, -0.25) is 9.59 Å². The molecule has 0 unspecified atom stereocenters. The van der Waals surface area contributed by atoms with Gasteiger partial charge in [-0.1, -0.05) is 46.2 Å². The van der Waals surface area contributed by atoms with Crippen molar-refractivity contribution in [3.05, 3.63) is 35.4 Å². The topological polar surface area (TPSA) is 87.7 Å². The zero-order chi connectivity index (χ0) is 23.0. The molecule has 0 radical (unpaired) electrons. The molecule has 1 heterocycles. The molecule has 0 spiro atoms. The molecule has 2 rings (SSSR count). The number of hydrogen-bond acceptors (Lipinski definition) is 4.